The van der Waals surface area contributed by atoms with Crippen molar-refractivity contribution < 1.29 is 4.74 Å². The standard InChI is InChI=1S/C21H24N4O2/c1-24(14-15-7-3-4-8-19(15)27-2)16-10-11-18-17(13-16)21(26)25(23-18)20-9-5-6-12-22-20/h3-9,12,16,23H,10-11,13-14H2,1-2H3. The van der Waals surface area contributed by atoms with E-state index in [0.29, 0.717) is 11.9 Å². The number of H-pyrrole nitrogens is 1. The molecule has 1 N–H and O–H groups in total. The van der Waals surface area contributed by atoms with Crippen LogP contribution in [0.15, 0.2) is 53.5 Å². The lowest BCUT2D eigenvalue weighted by molar-refractivity contribution is 0.210. The number of aromatic amines is 1. The van der Waals surface area contributed by atoms with Crippen molar-refractivity contribution in [1.82, 2.24) is 19.7 Å². The van der Waals surface area contributed by atoms with Crippen LogP contribution >= 0.6 is 0 Å². The average molecular weight is 364 g/mol. The summed E-state index contributed by atoms with van der Waals surface area (Å²) in [5, 5.41) is 3.25. The molecule has 1 aliphatic carbocycles. The highest BCUT2D eigenvalue weighted by atomic mass is 16.5. The van der Waals surface area contributed by atoms with Crippen molar-refractivity contribution in [2.45, 2.75) is 31.8 Å². The van der Waals surface area contributed by atoms with E-state index in [2.05, 4.69) is 28.1 Å². The number of rotatable bonds is 5. The van der Waals surface area contributed by atoms with Gasteiger partial charge in [0.2, 0.25) is 0 Å². The largest absolute Gasteiger partial charge is 0.496 e. The van der Waals surface area contributed by atoms with Crippen LogP contribution in [-0.2, 0) is 19.4 Å². The predicted molar refractivity (Wildman–Crippen MR) is 104 cm³/mol. The zero-order valence-electron chi connectivity index (χ0n) is 15.7. The van der Waals surface area contributed by atoms with Crippen LogP contribution < -0.4 is 10.3 Å². The molecule has 2 heterocycles. The topological polar surface area (TPSA) is 63.1 Å². The van der Waals surface area contributed by atoms with E-state index >= 15 is 0 Å². The molecule has 1 unspecified atom stereocenters. The highest BCUT2D eigenvalue weighted by Crippen LogP contribution is 2.25. The van der Waals surface area contributed by atoms with Crippen LogP contribution in [0.3, 0.4) is 0 Å². The zero-order valence-corrected chi connectivity index (χ0v) is 15.7. The lowest BCUT2D eigenvalue weighted by Gasteiger charge is -2.31. The Bertz CT molecular complexity index is 977. The zero-order chi connectivity index (χ0) is 18.8. The van der Waals surface area contributed by atoms with Crippen molar-refractivity contribution in [1.29, 1.82) is 0 Å². The van der Waals surface area contributed by atoms with Crippen LogP contribution in [0.25, 0.3) is 5.82 Å². The summed E-state index contributed by atoms with van der Waals surface area (Å²) < 4.78 is 7.03. The second kappa shape index (κ2) is 7.40. The summed E-state index contributed by atoms with van der Waals surface area (Å²) in [4.78, 5) is 19.5. The van der Waals surface area contributed by atoms with Crippen molar-refractivity contribution in [2.24, 2.45) is 0 Å². The van der Waals surface area contributed by atoms with Gasteiger partial charge in [-0.15, -0.1) is 0 Å². The van der Waals surface area contributed by atoms with Gasteiger partial charge in [-0.05, 0) is 44.5 Å². The Balaban J connectivity index is 1.55. The maximum atomic E-state index is 12.9. The fourth-order valence-corrected chi connectivity index (χ4v) is 3.84. The Morgan fingerprint density at radius 3 is 2.85 bits per heavy atom. The Morgan fingerprint density at radius 2 is 2.07 bits per heavy atom. The van der Waals surface area contributed by atoms with Crippen molar-refractivity contribution in [3.05, 3.63) is 75.8 Å². The summed E-state index contributed by atoms with van der Waals surface area (Å²) in [7, 11) is 3.82. The molecule has 4 rings (SSSR count). The summed E-state index contributed by atoms with van der Waals surface area (Å²) in [6.45, 7) is 0.795. The molecule has 0 radical (unpaired) electrons. The van der Waals surface area contributed by atoms with Gasteiger partial charge in [0.15, 0.2) is 5.82 Å². The number of likely N-dealkylation sites (N-methyl/N-ethyl adjacent to an activating group) is 1. The van der Waals surface area contributed by atoms with Gasteiger partial charge in [-0.25, -0.2) is 9.67 Å². The number of nitrogens with one attached hydrogen (secondary N) is 1. The highest BCUT2D eigenvalue weighted by Gasteiger charge is 2.27. The van der Waals surface area contributed by atoms with Crippen LogP contribution in [0, 0.1) is 0 Å². The van der Waals surface area contributed by atoms with Gasteiger partial charge in [0.25, 0.3) is 5.56 Å². The van der Waals surface area contributed by atoms with Crippen LogP contribution in [-0.4, -0.2) is 39.9 Å². The number of methoxy groups -OCH3 is 1. The molecule has 27 heavy (non-hydrogen) atoms. The smallest absolute Gasteiger partial charge is 0.276 e. The molecular weight excluding hydrogens is 340 g/mol. The SMILES string of the molecule is COc1ccccc1CN(C)C1CCc2[nH]n(-c3ccccn3)c(=O)c2C1. The first-order valence-corrected chi connectivity index (χ1v) is 9.23. The summed E-state index contributed by atoms with van der Waals surface area (Å²) in [5.74, 6) is 1.54. The fourth-order valence-electron chi connectivity index (χ4n) is 3.84. The number of fused-ring (bicyclic) bond motifs is 1. The van der Waals surface area contributed by atoms with Crippen LogP contribution in [0.5, 0.6) is 5.75 Å². The Kier molecular flexibility index (Phi) is 4.81. The number of aryl methyl sites for hydroxylation is 1. The predicted octanol–water partition coefficient (Wildman–Crippen LogP) is 2.56. The van der Waals surface area contributed by atoms with Crippen LogP contribution in [0.1, 0.15) is 23.2 Å². The second-order valence-electron chi connectivity index (χ2n) is 7.02. The van der Waals surface area contributed by atoms with E-state index in [1.807, 2.05) is 36.4 Å². The summed E-state index contributed by atoms with van der Waals surface area (Å²) in [6.07, 6.45) is 4.33. The molecule has 1 aromatic carbocycles. The molecule has 6 heteroatoms. The Labute approximate surface area is 158 Å². The summed E-state index contributed by atoms with van der Waals surface area (Å²) in [5.41, 5.74) is 3.09. The van der Waals surface area contributed by atoms with E-state index in [1.54, 1.807) is 18.0 Å². The molecule has 0 fully saturated rings. The third-order valence-electron chi connectivity index (χ3n) is 5.35. The van der Waals surface area contributed by atoms with E-state index in [4.69, 9.17) is 4.74 Å². The molecule has 0 saturated carbocycles. The van der Waals surface area contributed by atoms with E-state index < -0.39 is 0 Å². The number of benzene rings is 1. The molecule has 0 saturated heterocycles. The Morgan fingerprint density at radius 1 is 1.26 bits per heavy atom. The molecule has 0 amide bonds. The van der Waals surface area contributed by atoms with Gasteiger partial charge in [-0.2, -0.15) is 0 Å². The number of pyridine rings is 1. The maximum absolute atomic E-state index is 12.9. The van der Waals surface area contributed by atoms with Gasteiger partial charge < -0.3 is 4.74 Å². The Hall–Kier alpha value is -2.86. The van der Waals surface area contributed by atoms with Gasteiger partial charge in [-0.1, -0.05) is 24.3 Å². The lowest BCUT2D eigenvalue weighted by Crippen LogP contribution is -2.37. The number of para-hydroxylation sites is 1. The minimum absolute atomic E-state index is 0.0130. The summed E-state index contributed by atoms with van der Waals surface area (Å²) in [6, 6.07) is 14.0. The van der Waals surface area contributed by atoms with Crippen molar-refractivity contribution in [3.63, 3.8) is 0 Å². The quantitative estimate of drug-likeness (QED) is 0.756. The van der Waals surface area contributed by atoms with Crippen molar-refractivity contribution in [2.75, 3.05) is 14.2 Å². The third kappa shape index (κ3) is 3.40. The number of hydrogen-bond donors (Lipinski definition) is 1. The number of hydrogen-bond acceptors (Lipinski definition) is 4. The summed E-state index contributed by atoms with van der Waals surface area (Å²) >= 11 is 0. The van der Waals surface area contributed by atoms with Gasteiger partial charge in [0.05, 0.1) is 7.11 Å². The van der Waals surface area contributed by atoms with E-state index in [0.717, 1.165) is 48.4 Å². The first kappa shape index (κ1) is 17.5. The fraction of sp³-hybridized carbons (Fsp3) is 0.333. The molecule has 3 aromatic rings. The number of ether oxygens (including phenoxy) is 1. The third-order valence-corrected chi connectivity index (χ3v) is 5.35. The van der Waals surface area contributed by atoms with Crippen molar-refractivity contribution in [3.8, 4) is 11.6 Å². The van der Waals surface area contributed by atoms with Crippen molar-refractivity contribution >= 4 is 0 Å². The van der Waals surface area contributed by atoms with Gasteiger partial charge in [0.1, 0.15) is 5.75 Å². The molecule has 0 spiro atoms. The van der Waals surface area contributed by atoms with E-state index in [1.165, 1.54) is 0 Å². The molecule has 0 bridgehead atoms. The molecule has 1 atom stereocenters. The molecule has 1 aliphatic rings. The highest BCUT2D eigenvalue weighted by molar-refractivity contribution is 5.33. The molecule has 6 nitrogen and oxygen atoms in total. The van der Waals surface area contributed by atoms with Gasteiger partial charge in [-0.3, -0.25) is 14.8 Å². The first-order chi connectivity index (χ1) is 13.2. The normalized spacial score (nSPS) is 16.3. The minimum Gasteiger partial charge on any atom is -0.496 e. The molecular formula is C21H24N4O2. The van der Waals surface area contributed by atoms with Crippen LogP contribution in [0.4, 0.5) is 0 Å². The monoisotopic (exact) mass is 364 g/mol. The minimum atomic E-state index is 0.0130. The average Bonchev–Trinajstić information content (AvgIpc) is 3.05. The molecule has 0 aliphatic heterocycles. The lowest BCUT2D eigenvalue weighted by atomic mass is 9.92. The van der Waals surface area contributed by atoms with E-state index in [-0.39, 0.29) is 5.56 Å². The van der Waals surface area contributed by atoms with Gasteiger partial charge >= 0.3 is 0 Å². The molecule has 2 aromatic heterocycles. The number of nitrogens with zero attached hydrogens (tertiary/aromatic N) is 3. The van der Waals surface area contributed by atoms with Crippen LogP contribution in [0.2, 0.25) is 0 Å². The second-order valence-corrected chi connectivity index (χ2v) is 7.02. The number of aromatic nitrogens is 3. The molecule has 140 valence electrons. The van der Waals surface area contributed by atoms with E-state index in [9.17, 15) is 4.79 Å². The van der Waals surface area contributed by atoms with Gasteiger partial charge in [0, 0.05) is 35.6 Å². The first-order valence-electron chi connectivity index (χ1n) is 9.23. The maximum Gasteiger partial charge on any atom is 0.276 e.